The molecule has 1 unspecified atom stereocenters. The van der Waals surface area contributed by atoms with E-state index in [1.807, 2.05) is 50.2 Å². The van der Waals surface area contributed by atoms with Gasteiger partial charge in [-0.25, -0.2) is 4.68 Å². The van der Waals surface area contributed by atoms with Gasteiger partial charge in [0.1, 0.15) is 6.54 Å². The minimum atomic E-state index is -0.203. The lowest BCUT2D eigenvalue weighted by Gasteiger charge is -2.19. The molecule has 2 aromatic heterocycles. The summed E-state index contributed by atoms with van der Waals surface area (Å²) in [6.45, 7) is 11.4. The molecule has 8 nitrogen and oxygen atoms in total. The fourth-order valence-corrected chi connectivity index (χ4v) is 5.62. The molecule has 3 aromatic rings. The highest BCUT2D eigenvalue weighted by molar-refractivity contribution is 7.16. The zero-order valence-corrected chi connectivity index (χ0v) is 24.1. The van der Waals surface area contributed by atoms with Crippen LogP contribution >= 0.6 is 11.3 Å². The standard InChI is InChI=1S/C29H37N5O3S/c1-18(26-19(2)31-34(28(26)37)21-10-8-20(9-11-21)29(3,4)5)30-16-23(35)24-12-13-25(38-24)27(36)33-15-14-22(17-33)32(6)7/h8-13,22,31H,14-17H2,1-7H3. The number of nitrogens with one attached hydrogen (secondary N) is 1. The first-order chi connectivity index (χ1) is 17.9. The molecule has 1 fully saturated rings. The van der Waals surface area contributed by atoms with Crippen molar-refractivity contribution in [3.05, 3.63) is 73.3 Å². The molecule has 1 aliphatic heterocycles. The van der Waals surface area contributed by atoms with Gasteiger partial charge in [-0.15, -0.1) is 11.3 Å². The van der Waals surface area contributed by atoms with Crippen LogP contribution in [0.5, 0.6) is 0 Å². The SMILES string of the molecule is CC(=NCC(=O)c1ccc(C(=O)N2CCC(N(C)C)C2)s1)c1c(C)[nH]n(-c2ccc(C(C)(C)C)cc2)c1=O. The van der Waals surface area contributed by atoms with E-state index in [0.717, 1.165) is 18.7 Å². The number of aliphatic imine (C=N–C) groups is 1. The summed E-state index contributed by atoms with van der Waals surface area (Å²) in [5.74, 6) is -0.204. The number of rotatable bonds is 7. The average molecular weight is 536 g/mol. The molecule has 4 rings (SSSR count). The van der Waals surface area contributed by atoms with Crippen LogP contribution in [0.25, 0.3) is 5.69 Å². The minimum absolute atomic E-state index is 0.0238. The second-order valence-corrected chi connectivity index (χ2v) is 12.3. The van der Waals surface area contributed by atoms with Crippen LogP contribution in [0.2, 0.25) is 0 Å². The van der Waals surface area contributed by atoms with E-state index in [4.69, 9.17) is 0 Å². The zero-order chi connectivity index (χ0) is 27.8. The van der Waals surface area contributed by atoms with Crippen LogP contribution in [0, 0.1) is 6.92 Å². The molecule has 1 aromatic carbocycles. The minimum Gasteiger partial charge on any atom is -0.336 e. The summed E-state index contributed by atoms with van der Waals surface area (Å²) in [4.78, 5) is 48.5. The Balaban J connectivity index is 1.46. The lowest BCUT2D eigenvalue weighted by atomic mass is 9.87. The number of carbonyl (C=O) groups is 2. The van der Waals surface area contributed by atoms with Gasteiger partial charge in [-0.05, 0) is 69.6 Å². The van der Waals surface area contributed by atoms with E-state index in [-0.39, 0.29) is 29.2 Å². The number of hydrogen-bond acceptors (Lipinski definition) is 6. The van der Waals surface area contributed by atoms with Gasteiger partial charge in [-0.3, -0.25) is 24.5 Å². The number of amides is 1. The number of carbonyl (C=O) groups excluding carboxylic acids is 2. The summed E-state index contributed by atoms with van der Waals surface area (Å²) in [5, 5.41) is 3.14. The molecule has 0 spiro atoms. The van der Waals surface area contributed by atoms with E-state index in [9.17, 15) is 14.4 Å². The number of nitrogens with zero attached hydrogens (tertiary/aromatic N) is 4. The molecule has 0 radical (unpaired) electrons. The fourth-order valence-electron chi connectivity index (χ4n) is 4.72. The zero-order valence-electron chi connectivity index (χ0n) is 23.3. The van der Waals surface area contributed by atoms with Gasteiger partial charge in [0.05, 0.1) is 21.0 Å². The van der Waals surface area contributed by atoms with E-state index >= 15 is 0 Å². The number of hydrogen-bond donors (Lipinski definition) is 1. The number of Topliss-reactive ketones (excluding diaryl/α,β-unsaturated/α-hetero) is 1. The third-order valence-electron chi connectivity index (χ3n) is 7.16. The van der Waals surface area contributed by atoms with Crippen LogP contribution in [0.3, 0.4) is 0 Å². The lowest BCUT2D eigenvalue weighted by molar-refractivity contribution is 0.0787. The Morgan fingerprint density at radius 3 is 2.37 bits per heavy atom. The molecule has 1 amide bonds. The highest BCUT2D eigenvalue weighted by Gasteiger charge is 2.29. The second-order valence-electron chi connectivity index (χ2n) is 11.2. The van der Waals surface area contributed by atoms with Gasteiger partial charge in [-0.2, -0.15) is 0 Å². The van der Waals surface area contributed by atoms with Crippen molar-refractivity contribution >= 4 is 28.7 Å². The molecule has 3 heterocycles. The van der Waals surface area contributed by atoms with Gasteiger partial charge >= 0.3 is 0 Å². The van der Waals surface area contributed by atoms with Crippen LogP contribution in [-0.2, 0) is 5.41 Å². The molecule has 1 atom stereocenters. The number of aromatic nitrogens is 2. The van der Waals surface area contributed by atoms with Crippen LogP contribution in [-0.4, -0.2) is 76.8 Å². The summed E-state index contributed by atoms with van der Waals surface area (Å²) in [5.41, 5.74) is 3.40. The van der Waals surface area contributed by atoms with Crippen LogP contribution in [0.1, 0.15) is 70.3 Å². The van der Waals surface area contributed by atoms with Gasteiger partial charge in [0.15, 0.2) is 5.78 Å². The molecule has 202 valence electrons. The molecular formula is C29H37N5O3S. The molecule has 1 saturated heterocycles. The summed E-state index contributed by atoms with van der Waals surface area (Å²) >= 11 is 1.21. The van der Waals surface area contributed by atoms with Gasteiger partial charge < -0.3 is 9.80 Å². The summed E-state index contributed by atoms with van der Waals surface area (Å²) in [6.07, 6.45) is 0.951. The average Bonchev–Trinajstić information content (AvgIpc) is 3.61. The lowest BCUT2D eigenvalue weighted by Crippen LogP contribution is -2.34. The van der Waals surface area contributed by atoms with Gasteiger partial charge in [0.2, 0.25) is 0 Å². The number of thiophene rings is 1. The van der Waals surface area contributed by atoms with Gasteiger partial charge in [0.25, 0.3) is 11.5 Å². The van der Waals surface area contributed by atoms with Gasteiger partial charge in [-0.1, -0.05) is 32.9 Å². The maximum Gasteiger partial charge on any atom is 0.280 e. The third kappa shape index (κ3) is 5.73. The van der Waals surface area contributed by atoms with E-state index in [1.54, 1.807) is 19.1 Å². The molecular weight excluding hydrogens is 498 g/mol. The van der Waals surface area contributed by atoms with Crippen molar-refractivity contribution < 1.29 is 9.59 Å². The summed E-state index contributed by atoms with van der Waals surface area (Å²) in [7, 11) is 4.05. The van der Waals surface area contributed by atoms with Crippen molar-refractivity contribution in [2.24, 2.45) is 4.99 Å². The first kappa shape index (κ1) is 27.7. The third-order valence-corrected chi connectivity index (χ3v) is 8.27. The van der Waals surface area contributed by atoms with Crippen molar-refractivity contribution in [1.82, 2.24) is 19.6 Å². The summed E-state index contributed by atoms with van der Waals surface area (Å²) in [6, 6.07) is 11.7. The highest BCUT2D eigenvalue weighted by atomic mass is 32.1. The molecule has 0 bridgehead atoms. The first-order valence-corrected chi connectivity index (χ1v) is 13.7. The largest absolute Gasteiger partial charge is 0.336 e. The Morgan fingerprint density at radius 2 is 1.76 bits per heavy atom. The smallest absolute Gasteiger partial charge is 0.280 e. The predicted molar refractivity (Wildman–Crippen MR) is 154 cm³/mol. The maximum absolute atomic E-state index is 13.2. The van der Waals surface area contributed by atoms with Crippen LogP contribution in [0.4, 0.5) is 0 Å². The molecule has 0 saturated carbocycles. The number of aryl methyl sites for hydroxylation is 1. The fraction of sp³-hybridized carbons (Fsp3) is 0.448. The molecule has 1 N–H and O–H groups in total. The number of H-pyrrole nitrogens is 1. The molecule has 38 heavy (non-hydrogen) atoms. The van der Waals surface area contributed by atoms with Crippen molar-refractivity contribution in [2.75, 3.05) is 33.7 Å². The quantitative estimate of drug-likeness (QED) is 0.361. The number of ketones is 1. The van der Waals surface area contributed by atoms with Crippen LogP contribution in [0.15, 0.2) is 46.2 Å². The number of likely N-dealkylation sites (N-methyl/N-ethyl adjacent to an activating group) is 1. The topological polar surface area (TPSA) is 90.8 Å². The van der Waals surface area contributed by atoms with Crippen molar-refractivity contribution in [2.45, 2.75) is 52.5 Å². The number of likely N-dealkylation sites (tertiary alicyclic amines) is 1. The molecule has 1 aliphatic rings. The maximum atomic E-state index is 13.2. The Morgan fingerprint density at radius 1 is 1.11 bits per heavy atom. The number of benzene rings is 1. The van der Waals surface area contributed by atoms with E-state index < -0.39 is 0 Å². The summed E-state index contributed by atoms with van der Waals surface area (Å²) < 4.78 is 1.51. The first-order valence-electron chi connectivity index (χ1n) is 12.9. The predicted octanol–water partition coefficient (Wildman–Crippen LogP) is 4.30. The van der Waals surface area contributed by atoms with E-state index in [2.05, 4.69) is 35.8 Å². The second kappa shape index (κ2) is 10.8. The monoisotopic (exact) mass is 535 g/mol. The van der Waals surface area contributed by atoms with Gasteiger partial charge in [0, 0.05) is 30.5 Å². The Labute approximate surface area is 228 Å². The van der Waals surface area contributed by atoms with Crippen molar-refractivity contribution in [3.8, 4) is 5.69 Å². The van der Waals surface area contributed by atoms with Crippen molar-refractivity contribution in [1.29, 1.82) is 0 Å². The Kier molecular flexibility index (Phi) is 7.90. The molecule has 0 aliphatic carbocycles. The van der Waals surface area contributed by atoms with E-state index in [1.165, 1.54) is 21.6 Å². The Hall–Kier alpha value is -3.30. The molecule has 9 heteroatoms. The van der Waals surface area contributed by atoms with Crippen molar-refractivity contribution in [3.63, 3.8) is 0 Å². The highest BCUT2D eigenvalue weighted by Crippen LogP contribution is 2.24. The van der Waals surface area contributed by atoms with E-state index in [0.29, 0.717) is 39.3 Å². The number of aromatic amines is 1. The Bertz CT molecular complexity index is 1420. The van der Waals surface area contributed by atoms with Crippen LogP contribution < -0.4 is 5.56 Å². The normalized spacial score (nSPS) is 16.5.